The molecule has 0 radical (unpaired) electrons. The van der Waals surface area contributed by atoms with Crippen LogP contribution in [0.3, 0.4) is 0 Å². The van der Waals surface area contributed by atoms with Gasteiger partial charge in [0.1, 0.15) is 12.4 Å². The minimum absolute atomic E-state index is 0.115. The highest BCUT2D eigenvalue weighted by atomic mass is 19.3. The molecule has 1 aromatic rings. The lowest BCUT2D eigenvalue weighted by Gasteiger charge is -2.19. The van der Waals surface area contributed by atoms with E-state index in [2.05, 4.69) is 0 Å². The molecule has 0 amide bonds. The molecule has 2 nitrogen and oxygen atoms in total. The summed E-state index contributed by atoms with van der Waals surface area (Å²) in [6.45, 7) is 1.67. The third-order valence-corrected chi connectivity index (χ3v) is 2.21. The number of alkyl halides is 2. The molecule has 0 bridgehead atoms. The lowest BCUT2D eigenvalue weighted by Crippen LogP contribution is -2.21. The highest BCUT2D eigenvalue weighted by molar-refractivity contribution is 5.45. The highest BCUT2D eigenvalue weighted by Gasteiger charge is 2.34. The molecule has 0 spiro atoms. The Labute approximate surface area is 80.8 Å². The first kappa shape index (κ1) is 10.9. The van der Waals surface area contributed by atoms with Gasteiger partial charge in [-0.25, -0.2) is 0 Å². The number of hydrogen-bond donors (Lipinski definition) is 2. The smallest absolute Gasteiger partial charge is 0.296 e. The van der Waals surface area contributed by atoms with Crippen molar-refractivity contribution in [2.24, 2.45) is 0 Å². The molecule has 0 aliphatic rings. The number of aliphatic hydroxyl groups excluding tert-OH is 1. The summed E-state index contributed by atoms with van der Waals surface area (Å²) in [4.78, 5) is 0. The second-order valence-electron chi connectivity index (χ2n) is 3.26. The van der Waals surface area contributed by atoms with Crippen molar-refractivity contribution >= 4 is 0 Å². The topological polar surface area (TPSA) is 40.5 Å². The van der Waals surface area contributed by atoms with E-state index in [-0.39, 0.29) is 16.9 Å². The van der Waals surface area contributed by atoms with Gasteiger partial charge in [0, 0.05) is 11.1 Å². The molecule has 0 aliphatic heterocycles. The number of rotatable bonds is 2. The number of aromatic hydroxyl groups is 1. The number of hydrogen-bond acceptors (Lipinski definition) is 2. The van der Waals surface area contributed by atoms with Crippen LogP contribution in [0.1, 0.15) is 16.7 Å². The Balaban J connectivity index is 3.40. The van der Waals surface area contributed by atoms with E-state index in [0.717, 1.165) is 0 Å². The zero-order valence-corrected chi connectivity index (χ0v) is 8.01. The molecule has 0 saturated carbocycles. The average Bonchev–Trinajstić information content (AvgIpc) is 2.12. The minimum atomic E-state index is -3.30. The van der Waals surface area contributed by atoms with Crippen LogP contribution in [0.25, 0.3) is 0 Å². The summed E-state index contributed by atoms with van der Waals surface area (Å²) in [5.74, 6) is -3.48. The van der Waals surface area contributed by atoms with Gasteiger partial charge in [0.05, 0.1) is 0 Å². The fourth-order valence-corrected chi connectivity index (χ4v) is 1.48. The highest BCUT2D eigenvalue weighted by Crippen LogP contribution is 2.35. The van der Waals surface area contributed by atoms with Gasteiger partial charge in [-0.2, -0.15) is 8.78 Å². The number of halogens is 2. The monoisotopic (exact) mass is 202 g/mol. The molecule has 78 valence electrons. The predicted molar refractivity (Wildman–Crippen MR) is 48.6 cm³/mol. The standard InChI is InChI=1S/C10H12F2O2/c1-6-3-4-8(14)7(2)9(6)10(11,12)5-13/h3-4,13-14H,5H2,1-2H3. The molecule has 1 aromatic carbocycles. The number of benzene rings is 1. The largest absolute Gasteiger partial charge is 0.508 e. The van der Waals surface area contributed by atoms with Crippen LogP contribution in [0, 0.1) is 13.8 Å². The molecule has 0 heterocycles. The quantitative estimate of drug-likeness (QED) is 0.770. The third kappa shape index (κ3) is 1.70. The first-order valence-electron chi connectivity index (χ1n) is 4.18. The second-order valence-corrected chi connectivity index (χ2v) is 3.26. The number of aliphatic hydroxyl groups is 1. The molecule has 0 atom stereocenters. The van der Waals surface area contributed by atoms with Gasteiger partial charge in [-0.05, 0) is 25.5 Å². The number of aryl methyl sites for hydroxylation is 1. The Bertz CT molecular complexity index is 348. The van der Waals surface area contributed by atoms with Crippen molar-refractivity contribution in [2.75, 3.05) is 6.61 Å². The minimum Gasteiger partial charge on any atom is -0.508 e. The second kappa shape index (κ2) is 3.53. The maximum absolute atomic E-state index is 13.2. The maximum atomic E-state index is 13.2. The van der Waals surface area contributed by atoms with E-state index in [9.17, 15) is 13.9 Å². The fraction of sp³-hybridized carbons (Fsp3) is 0.400. The zero-order chi connectivity index (χ0) is 10.9. The van der Waals surface area contributed by atoms with Crippen molar-refractivity contribution in [2.45, 2.75) is 19.8 Å². The van der Waals surface area contributed by atoms with Crippen molar-refractivity contribution in [3.63, 3.8) is 0 Å². The molecule has 1 rings (SSSR count). The van der Waals surface area contributed by atoms with Gasteiger partial charge in [-0.3, -0.25) is 0 Å². The van der Waals surface area contributed by atoms with Crippen LogP contribution >= 0.6 is 0 Å². The van der Waals surface area contributed by atoms with Crippen LogP contribution in [0.4, 0.5) is 8.78 Å². The van der Waals surface area contributed by atoms with Crippen LogP contribution in [0.15, 0.2) is 12.1 Å². The molecule has 0 aliphatic carbocycles. The van der Waals surface area contributed by atoms with E-state index in [1.807, 2.05) is 0 Å². The van der Waals surface area contributed by atoms with Gasteiger partial charge >= 0.3 is 0 Å². The first-order valence-corrected chi connectivity index (χ1v) is 4.18. The summed E-state index contributed by atoms with van der Waals surface area (Å²) in [5.41, 5.74) is 0.184. The van der Waals surface area contributed by atoms with Crippen molar-refractivity contribution < 1.29 is 19.0 Å². The molecule has 2 N–H and O–H groups in total. The lowest BCUT2D eigenvalue weighted by atomic mass is 9.97. The van der Waals surface area contributed by atoms with Crippen LogP contribution in [-0.4, -0.2) is 16.8 Å². The first-order chi connectivity index (χ1) is 6.40. The molecule has 0 unspecified atom stereocenters. The van der Waals surface area contributed by atoms with E-state index in [1.165, 1.54) is 26.0 Å². The zero-order valence-electron chi connectivity index (χ0n) is 8.01. The summed E-state index contributed by atoms with van der Waals surface area (Å²) in [5, 5.41) is 17.8. The van der Waals surface area contributed by atoms with Crippen molar-refractivity contribution in [1.29, 1.82) is 0 Å². The molecule has 0 fully saturated rings. The number of phenols is 1. The molecular weight excluding hydrogens is 190 g/mol. The molecular formula is C10H12F2O2. The van der Waals surface area contributed by atoms with Crippen LogP contribution in [0.5, 0.6) is 5.75 Å². The van der Waals surface area contributed by atoms with Crippen LogP contribution < -0.4 is 0 Å². The van der Waals surface area contributed by atoms with Gasteiger partial charge in [0.2, 0.25) is 0 Å². The van der Waals surface area contributed by atoms with Crippen molar-refractivity contribution in [3.05, 3.63) is 28.8 Å². The van der Waals surface area contributed by atoms with Crippen molar-refractivity contribution in [3.8, 4) is 5.75 Å². The Hall–Kier alpha value is -1.16. The van der Waals surface area contributed by atoms with Crippen LogP contribution in [0.2, 0.25) is 0 Å². The predicted octanol–water partition coefficient (Wildman–Crippen LogP) is 2.09. The van der Waals surface area contributed by atoms with Gasteiger partial charge in [0.25, 0.3) is 5.92 Å². The van der Waals surface area contributed by atoms with E-state index < -0.39 is 12.5 Å². The van der Waals surface area contributed by atoms with Gasteiger partial charge in [-0.15, -0.1) is 0 Å². The van der Waals surface area contributed by atoms with Gasteiger partial charge in [0.15, 0.2) is 0 Å². The van der Waals surface area contributed by atoms with Gasteiger partial charge in [-0.1, -0.05) is 6.07 Å². The molecule has 0 aromatic heterocycles. The van der Waals surface area contributed by atoms with Gasteiger partial charge < -0.3 is 10.2 Å². The maximum Gasteiger partial charge on any atom is 0.296 e. The summed E-state index contributed by atoms with van der Waals surface area (Å²) in [7, 11) is 0. The normalized spacial score (nSPS) is 11.8. The Kier molecular flexibility index (Phi) is 2.76. The molecule has 0 saturated heterocycles. The van der Waals surface area contributed by atoms with E-state index >= 15 is 0 Å². The Morgan fingerprint density at radius 1 is 1.29 bits per heavy atom. The Morgan fingerprint density at radius 2 is 1.86 bits per heavy atom. The third-order valence-electron chi connectivity index (χ3n) is 2.21. The lowest BCUT2D eigenvalue weighted by molar-refractivity contribution is -0.0567. The summed E-state index contributed by atoms with van der Waals surface area (Å²) >= 11 is 0. The van der Waals surface area contributed by atoms with E-state index in [1.54, 1.807) is 0 Å². The SMILES string of the molecule is Cc1ccc(O)c(C)c1C(F)(F)CO. The van der Waals surface area contributed by atoms with Crippen molar-refractivity contribution in [1.82, 2.24) is 0 Å². The van der Waals surface area contributed by atoms with E-state index in [4.69, 9.17) is 5.11 Å². The fourth-order valence-electron chi connectivity index (χ4n) is 1.48. The summed E-state index contributed by atoms with van der Waals surface area (Å²) < 4.78 is 26.5. The van der Waals surface area contributed by atoms with E-state index in [0.29, 0.717) is 5.56 Å². The summed E-state index contributed by atoms with van der Waals surface area (Å²) in [6.07, 6.45) is 0. The molecule has 4 heteroatoms. The molecule has 14 heavy (non-hydrogen) atoms. The Morgan fingerprint density at radius 3 is 2.36 bits per heavy atom. The average molecular weight is 202 g/mol. The van der Waals surface area contributed by atoms with Crippen LogP contribution in [-0.2, 0) is 5.92 Å². The number of phenolic OH excluding ortho intramolecular Hbond substituents is 1. The summed E-state index contributed by atoms with van der Waals surface area (Å²) in [6, 6.07) is 2.77.